The van der Waals surface area contributed by atoms with E-state index in [4.69, 9.17) is 4.42 Å². The van der Waals surface area contributed by atoms with E-state index in [2.05, 4.69) is 5.32 Å². The summed E-state index contributed by atoms with van der Waals surface area (Å²) in [5, 5.41) is 5.48. The Morgan fingerprint density at radius 2 is 1.93 bits per heavy atom. The van der Waals surface area contributed by atoms with Gasteiger partial charge in [-0.25, -0.2) is 8.42 Å². The quantitative estimate of drug-likeness (QED) is 0.675. The zero-order chi connectivity index (χ0) is 19.7. The van der Waals surface area contributed by atoms with Crippen LogP contribution in [0.2, 0.25) is 0 Å². The molecule has 6 nitrogen and oxygen atoms in total. The van der Waals surface area contributed by atoms with Crippen LogP contribution in [0.5, 0.6) is 0 Å². The zero-order valence-corrected chi connectivity index (χ0v) is 17.2. The monoisotopic (exact) mass is 418 g/mol. The summed E-state index contributed by atoms with van der Waals surface area (Å²) < 4.78 is 33.2. The lowest BCUT2D eigenvalue weighted by Crippen LogP contribution is -2.36. The molecule has 1 atom stereocenters. The Hall–Kier alpha value is -2.16. The van der Waals surface area contributed by atoms with Crippen molar-refractivity contribution in [3.05, 3.63) is 52.4 Å². The predicted molar refractivity (Wildman–Crippen MR) is 109 cm³/mol. The van der Waals surface area contributed by atoms with Crippen LogP contribution >= 0.6 is 11.3 Å². The number of thiophene rings is 1. The summed E-state index contributed by atoms with van der Waals surface area (Å²) in [7, 11) is -3.66. The third kappa shape index (κ3) is 3.59. The number of carbonyl (C=O) groups is 1. The van der Waals surface area contributed by atoms with E-state index in [1.807, 2.05) is 37.3 Å². The Morgan fingerprint density at radius 1 is 1.18 bits per heavy atom. The SMILES string of the molecule is CC(NC(=O)c1sccc1S(=O)(=O)N1CCCCC1)c1cc2ccccc2o1. The van der Waals surface area contributed by atoms with Crippen LogP contribution in [-0.2, 0) is 10.0 Å². The van der Waals surface area contributed by atoms with E-state index in [9.17, 15) is 13.2 Å². The first-order valence-corrected chi connectivity index (χ1v) is 11.7. The molecule has 1 aliphatic heterocycles. The summed E-state index contributed by atoms with van der Waals surface area (Å²) in [6.07, 6.45) is 2.75. The van der Waals surface area contributed by atoms with Gasteiger partial charge >= 0.3 is 0 Å². The van der Waals surface area contributed by atoms with E-state index >= 15 is 0 Å². The topological polar surface area (TPSA) is 79.6 Å². The number of sulfonamides is 1. The molecule has 3 heterocycles. The van der Waals surface area contributed by atoms with Gasteiger partial charge < -0.3 is 9.73 Å². The lowest BCUT2D eigenvalue weighted by atomic mass is 10.2. The molecule has 1 N–H and O–H groups in total. The van der Waals surface area contributed by atoms with Crippen LogP contribution in [0.4, 0.5) is 0 Å². The molecule has 0 bridgehead atoms. The minimum absolute atomic E-state index is 0.0914. The fourth-order valence-corrected chi connectivity index (χ4v) is 6.28. The van der Waals surface area contributed by atoms with Crippen molar-refractivity contribution in [3.8, 4) is 0 Å². The number of amides is 1. The Bertz CT molecular complexity index is 1060. The van der Waals surface area contributed by atoms with Gasteiger partial charge in [-0.15, -0.1) is 11.3 Å². The summed E-state index contributed by atoms with van der Waals surface area (Å²) >= 11 is 1.14. The number of hydrogen-bond acceptors (Lipinski definition) is 5. The lowest BCUT2D eigenvalue weighted by molar-refractivity contribution is 0.0936. The molecule has 1 saturated heterocycles. The van der Waals surface area contributed by atoms with Crippen LogP contribution in [0.3, 0.4) is 0 Å². The number of carbonyl (C=O) groups excluding carboxylic acids is 1. The number of hydrogen-bond donors (Lipinski definition) is 1. The van der Waals surface area contributed by atoms with Gasteiger partial charge in [0.05, 0.1) is 6.04 Å². The molecular weight excluding hydrogens is 396 g/mol. The van der Waals surface area contributed by atoms with E-state index in [0.29, 0.717) is 18.8 Å². The third-order valence-electron chi connectivity index (χ3n) is 4.99. The van der Waals surface area contributed by atoms with Gasteiger partial charge in [0.25, 0.3) is 5.91 Å². The maximum absolute atomic E-state index is 13.0. The fraction of sp³-hybridized carbons (Fsp3) is 0.350. The van der Waals surface area contributed by atoms with Gasteiger partial charge in [0, 0.05) is 18.5 Å². The molecule has 1 unspecified atom stereocenters. The van der Waals surface area contributed by atoms with E-state index in [0.717, 1.165) is 41.6 Å². The summed E-state index contributed by atoms with van der Waals surface area (Å²) in [6, 6.07) is 10.7. The summed E-state index contributed by atoms with van der Waals surface area (Å²) in [5.41, 5.74) is 0.753. The van der Waals surface area contributed by atoms with Gasteiger partial charge in [-0.1, -0.05) is 24.6 Å². The van der Waals surface area contributed by atoms with Crippen molar-refractivity contribution < 1.29 is 17.6 Å². The van der Waals surface area contributed by atoms with Crippen LogP contribution in [0.25, 0.3) is 11.0 Å². The number of rotatable bonds is 5. The van der Waals surface area contributed by atoms with Crippen molar-refractivity contribution in [3.63, 3.8) is 0 Å². The van der Waals surface area contributed by atoms with Gasteiger partial charge in [0.1, 0.15) is 21.1 Å². The van der Waals surface area contributed by atoms with Crippen molar-refractivity contribution in [2.75, 3.05) is 13.1 Å². The highest BCUT2D eigenvalue weighted by Gasteiger charge is 2.31. The van der Waals surface area contributed by atoms with Crippen LogP contribution in [0.1, 0.15) is 47.7 Å². The normalized spacial score (nSPS) is 16.9. The highest BCUT2D eigenvalue weighted by Crippen LogP contribution is 2.29. The van der Waals surface area contributed by atoms with E-state index < -0.39 is 15.9 Å². The Morgan fingerprint density at radius 3 is 2.68 bits per heavy atom. The van der Waals surface area contributed by atoms with Crippen molar-refractivity contribution in [2.24, 2.45) is 0 Å². The molecule has 1 amide bonds. The van der Waals surface area contributed by atoms with Crippen molar-refractivity contribution in [2.45, 2.75) is 37.1 Å². The molecule has 2 aromatic heterocycles. The number of benzene rings is 1. The number of para-hydroxylation sites is 1. The molecular formula is C20H22N2O4S2. The van der Waals surface area contributed by atoms with Crippen molar-refractivity contribution >= 4 is 38.2 Å². The number of nitrogens with zero attached hydrogens (tertiary/aromatic N) is 1. The van der Waals surface area contributed by atoms with Gasteiger partial charge in [-0.2, -0.15) is 4.31 Å². The van der Waals surface area contributed by atoms with Gasteiger partial charge in [-0.3, -0.25) is 4.79 Å². The number of furan rings is 1. The first kappa shape index (κ1) is 19.2. The molecule has 1 fully saturated rings. The first-order chi connectivity index (χ1) is 13.5. The number of fused-ring (bicyclic) bond motifs is 1. The van der Waals surface area contributed by atoms with Crippen LogP contribution in [0.15, 0.2) is 51.1 Å². The van der Waals surface area contributed by atoms with Crippen LogP contribution < -0.4 is 5.32 Å². The summed E-state index contributed by atoms with van der Waals surface area (Å²) in [4.78, 5) is 13.1. The Labute approximate surface area is 168 Å². The Kier molecular flexibility index (Phi) is 5.27. The second kappa shape index (κ2) is 7.69. The minimum Gasteiger partial charge on any atom is -0.459 e. The highest BCUT2D eigenvalue weighted by atomic mass is 32.2. The average Bonchev–Trinajstić information content (AvgIpc) is 3.36. The summed E-state index contributed by atoms with van der Waals surface area (Å²) in [5.74, 6) is 0.227. The van der Waals surface area contributed by atoms with Crippen LogP contribution in [-0.4, -0.2) is 31.7 Å². The molecule has 0 aliphatic carbocycles. The Balaban J connectivity index is 1.55. The van der Waals surface area contributed by atoms with E-state index in [-0.39, 0.29) is 15.8 Å². The molecule has 1 aliphatic rings. The number of piperidine rings is 1. The summed E-state index contributed by atoms with van der Waals surface area (Å²) in [6.45, 7) is 2.84. The maximum atomic E-state index is 13.0. The molecule has 28 heavy (non-hydrogen) atoms. The molecule has 0 spiro atoms. The molecule has 8 heteroatoms. The molecule has 4 rings (SSSR count). The standard InChI is InChI=1S/C20H22N2O4S2/c1-14(17-13-15-7-3-4-8-16(15)26-17)21-20(23)19-18(9-12-27-19)28(24,25)22-10-5-2-6-11-22/h3-4,7-9,12-14H,2,5-6,10-11H2,1H3,(H,21,23). The first-order valence-electron chi connectivity index (χ1n) is 9.34. The van der Waals surface area contributed by atoms with E-state index in [1.54, 1.807) is 5.38 Å². The maximum Gasteiger partial charge on any atom is 0.263 e. The zero-order valence-electron chi connectivity index (χ0n) is 15.6. The minimum atomic E-state index is -3.66. The second-order valence-corrected chi connectivity index (χ2v) is 9.78. The second-order valence-electron chi connectivity index (χ2n) is 6.96. The van der Waals surface area contributed by atoms with Gasteiger partial charge in [0.2, 0.25) is 10.0 Å². The largest absolute Gasteiger partial charge is 0.459 e. The van der Waals surface area contributed by atoms with Gasteiger partial charge in [-0.05, 0) is 43.3 Å². The number of nitrogens with one attached hydrogen (secondary N) is 1. The predicted octanol–water partition coefficient (Wildman–Crippen LogP) is 4.16. The third-order valence-corrected chi connectivity index (χ3v) is 7.97. The molecule has 148 valence electrons. The molecule has 0 saturated carbocycles. The smallest absolute Gasteiger partial charge is 0.263 e. The molecule has 3 aromatic rings. The van der Waals surface area contributed by atoms with Crippen molar-refractivity contribution in [1.29, 1.82) is 0 Å². The highest BCUT2D eigenvalue weighted by molar-refractivity contribution is 7.89. The average molecular weight is 419 g/mol. The molecule has 1 aromatic carbocycles. The van der Waals surface area contributed by atoms with Crippen LogP contribution in [0, 0.1) is 0 Å². The van der Waals surface area contributed by atoms with Gasteiger partial charge in [0.15, 0.2) is 0 Å². The van der Waals surface area contributed by atoms with E-state index in [1.165, 1.54) is 10.4 Å². The van der Waals surface area contributed by atoms with Crippen molar-refractivity contribution in [1.82, 2.24) is 9.62 Å². The fourth-order valence-electron chi connectivity index (χ4n) is 3.46. The lowest BCUT2D eigenvalue weighted by Gasteiger charge is -2.25. The molecule has 0 radical (unpaired) electrons.